The van der Waals surface area contributed by atoms with Crippen molar-refractivity contribution in [1.82, 2.24) is 10.2 Å². The predicted molar refractivity (Wildman–Crippen MR) is 88.6 cm³/mol. The third-order valence-corrected chi connectivity index (χ3v) is 5.67. The number of hydrogen-bond donors (Lipinski definition) is 1. The number of hydrogen-bond acceptors (Lipinski definition) is 3. The summed E-state index contributed by atoms with van der Waals surface area (Å²) in [6.07, 6.45) is 3.20. The van der Waals surface area contributed by atoms with Crippen LogP contribution in [0.3, 0.4) is 0 Å². The first-order valence-corrected chi connectivity index (χ1v) is 9.06. The molecule has 2 unspecified atom stereocenters. The van der Waals surface area contributed by atoms with E-state index in [2.05, 4.69) is 41.4 Å². The average Bonchev–Trinajstić information content (AvgIpc) is 3.05. The number of rotatable bonds is 4. The van der Waals surface area contributed by atoms with Gasteiger partial charge in [0.2, 0.25) is 5.91 Å². The lowest BCUT2D eigenvalue weighted by molar-refractivity contribution is -0.132. The van der Waals surface area contributed by atoms with Crippen molar-refractivity contribution < 1.29 is 4.79 Å². The van der Waals surface area contributed by atoms with Crippen molar-refractivity contribution in [2.24, 2.45) is 0 Å². The van der Waals surface area contributed by atoms with Crippen molar-refractivity contribution in [1.29, 1.82) is 0 Å². The quantitative estimate of drug-likeness (QED) is 0.928. The van der Waals surface area contributed by atoms with E-state index in [9.17, 15) is 4.79 Å². The summed E-state index contributed by atoms with van der Waals surface area (Å²) >= 11 is 1.82. The first-order chi connectivity index (χ1) is 10.3. The monoisotopic (exact) mass is 304 g/mol. The van der Waals surface area contributed by atoms with Crippen LogP contribution in [0, 0.1) is 0 Å². The summed E-state index contributed by atoms with van der Waals surface area (Å²) in [5.41, 5.74) is 2.60. The van der Waals surface area contributed by atoms with E-state index in [0.29, 0.717) is 11.9 Å². The van der Waals surface area contributed by atoms with Crippen LogP contribution >= 0.6 is 11.8 Å². The van der Waals surface area contributed by atoms with Crippen LogP contribution in [-0.4, -0.2) is 42.2 Å². The largest absolute Gasteiger partial charge is 0.337 e. The van der Waals surface area contributed by atoms with Gasteiger partial charge in [0, 0.05) is 19.1 Å². The maximum Gasteiger partial charge on any atom is 0.240 e. The molecule has 2 atom stereocenters. The molecule has 3 rings (SSSR count). The third kappa shape index (κ3) is 3.11. The molecule has 0 bridgehead atoms. The number of nitrogens with one attached hydrogen (secondary N) is 1. The number of benzene rings is 1. The van der Waals surface area contributed by atoms with Gasteiger partial charge in [-0.05, 0) is 42.7 Å². The third-order valence-electron chi connectivity index (χ3n) is 4.44. The van der Waals surface area contributed by atoms with Gasteiger partial charge in [-0.1, -0.05) is 31.2 Å². The second-order valence-electron chi connectivity index (χ2n) is 5.88. The fourth-order valence-corrected chi connectivity index (χ4v) is 4.63. The predicted octanol–water partition coefficient (Wildman–Crippen LogP) is 2.62. The Morgan fingerprint density at radius 1 is 1.43 bits per heavy atom. The first kappa shape index (κ1) is 14.9. The fraction of sp³-hybridized carbons (Fsp3) is 0.588. The maximum absolute atomic E-state index is 13.1. The summed E-state index contributed by atoms with van der Waals surface area (Å²) in [4.78, 5) is 15.3. The van der Waals surface area contributed by atoms with Crippen LogP contribution in [0.25, 0.3) is 0 Å². The second kappa shape index (κ2) is 6.84. The lowest BCUT2D eigenvalue weighted by Gasteiger charge is -2.34. The molecule has 2 aliphatic heterocycles. The smallest absolute Gasteiger partial charge is 0.240 e. The zero-order valence-electron chi connectivity index (χ0n) is 12.7. The van der Waals surface area contributed by atoms with Gasteiger partial charge in [0.25, 0.3) is 0 Å². The Kier molecular flexibility index (Phi) is 4.86. The number of amides is 1. The van der Waals surface area contributed by atoms with E-state index in [4.69, 9.17) is 0 Å². The van der Waals surface area contributed by atoms with Gasteiger partial charge in [-0.15, -0.1) is 11.8 Å². The Morgan fingerprint density at radius 3 is 3.05 bits per heavy atom. The zero-order valence-corrected chi connectivity index (χ0v) is 13.5. The van der Waals surface area contributed by atoms with Crippen LogP contribution in [0.15, 0.2) is 24.3 Å². The molecule has 1 aromatic rings. The average molecular weight is 304 g/mol. The summed E-state index contributed by atoms with van der Waals surface area (Å²) in [7, 11) is 0. The highest BCUT2D eigenvalue weighted by Crippen LogP contribution is 2.38. The van der Waals surface area contributed by atoms with Gasteiger partial charge in [-0.25, -0.2) is 0 Å². The molecular formula is C17H24N2OS. The van der Waals surface area contributed by atoms with E-state index in [-0.39, 0.29) is 5.25 Å². The van der Waals surface area contributed by atoms with Crippen molar-refractivity contribution in [3.8, 4) is 0 Å². The van der Waals surface area contributed by atoms with E-state index >= 15 is 0 Å². The van der Waals surface area contributed by atoms with E-state index in [1.165, 1.54) is 11.1 Å². The number of fused-ring (bicyclic) bond motifs is 1. The number of carbonyl (C=O) groups excluding carboxylic acids is 1. The van der Waals surface area contributed by atoms with Crippen molar-refractivity contribution in [2.45, 2.75) is 37.5 Å². The number of carbonyl (C=O) groups is 1. The highest BCUT2D eigenvalue weighted by atomic mass is 32.2. The molecule has 0 saturated carbocycles. The molecule has 0 aliphatic carbocycles. The molecule has 2 heterocycles. The molecule has 3 nitrogen and oxygen atoms in total. The lowest BCUT2D eigenvalue weighted by atomic mass is 10.00. The molecule has 1 amide bonds. The van der Waals surface area contributed by atoms with Gasteiger partial charge in [0.1, 0.15) is 5.25 Å². The topological polar surface area (TPSA) is 32.3 Å². The summed E-state index contributed by atoms with van der Waals surface area (Å²) < 4.78 is 0. The van der Waals surface area contributed by atoms with Crippen molar-refractivity contribution in [2.75, 3.05) is 25.4 Å². The molecule has 114 valence electrons. The van der Waals surface area contributed by atoms with E-state index in [0.717, 1.165) is 44.6 Å². The number of nitrogens with zero attached hydrogens (tertiary/aromatic N) is 1. The van der Waals surface area contributed by atoms with E-state index in [1.807, 2.05) is 11.8 Å². The van der Waals surface area contributed by atoms with Crippen LogP contribution in [0.4, 0.5) is 0 Å². The Balaban J connectivity index is 1.83. The van der Waals surface area contributed by atoms with Gasteiger partial charge in [0.15, 0.2) is 0 Å². The van der Waals surface area contributed by atoms with Crippen LogP contribution in [-0.2, 0) is 11.2 Å². The normalized spacial score (nSPS) is 24.6. The van der Waals surface area contributed by atoms with Crippen molar-refractivity contribution in [3.05, 3.63) is 35.4 Å². The Labute approximate surface area is 131 Å². The molecule has 0 aromatic heterocycles. The first-order valence-electron chi connectivity index (χ1n) is 8.02. The molecular weight excluding hydrogens is 280 g/mol. The van der Waals surface area contributed by atoms with Crippen LogP contribution in [0.1, 0.15) is 36.1 Å². The fourth-order valence-electron chi connectivity index (χ4n) is 3.37. The minimum Gasteiger partial charge on any atom is -0.337 e. The highest BCUT2D eigenvalue weighted by molar-refractivity contribution is 8.00. The molecule has 2 aliphatic rings. The molecule has 21 heavy (non-hydrogen) atoms. The van der Waals surface area contributed by atoms with E-state index < -0.39 is 0 Å². The summed E-state index contributed by atoms with van der Waals surface area (Å²) in [6.45, 7) is 5.02. The summed E-state index contributed by atoms with van der Waals surface area (Å²) in [5, 5.41) is 3.39. The number of thioether (sulfide) groups is 1. The second-order valence-corrected chi connectivity index (χ2v) is 7.09. The van der Waals surface area contributed by atoms with E-state index in [1.54, 1.807) is 0 Å². The SMILES string of the molecule is CCCN(C(=O)C1SCCc2ccccc21)C1CCNC1. The molecule has 4 heteroatoms. The van der Waals surface area contributed by atoms with Gasteiger partial charge in [-0.2, -0.15) is 0 Å². The minimum absolute atomic E-state index is 0.00194. The summed E-state index contributed by atoms with van der Waals surface area (Å²) in [6, 6.07) is 8.84. The van der Waals surface area contributed by atoms with Crippen molar-refractivity contribution >= 4 is 17.7 Å². The van der Waals surface area contributed by atoms with Crippen molar-refractivity contribution in [3.63, 3.8) is 0 Å². The molecule has 1 saturated heterocycles. The van der Waals surface area contributed by atoms with Gasteiger partial charge >= 0.3 is 0 Å². The van der Waals surface area contributed by atoms with Crippen LogP contribution < -0.4 is 5.32 Å². The van der Waals surface area contributed by atoms with Crippen LogP contribution in [0.5, 0.6) is 0 Å². The molecule has 0 radical (unpaired) electrons. The molecule has 1 aromatic carbocycles. The Morgan fingerprint density at radius 2 is 2.29 bits per heavy atom. The Hall–Kier alpha value is -1.00. The lowest BCUT2D eigenvalue weighted by Crippen LogP contribution is -2.44. The number of aryl methyl sites for hydroxylation is 1. The summed E-state index contributed by atoms with van der Waals surface area (Å²) in [5.74, 6) is 1.37. The molecule has 1 N–H and O–H groups in total. The highest BCUT2D eigenvalue weighted by Gasteiger charge is 2.34. The molecule has 1 fully saturated rings. The Bertz CT molecular complexity index is 499. The van der Waals surface area contributed by atoms with Gasteiger partial charge in [0.05, 0.1) is 0 Å². The zero-order chi connectivity index (χ0) is 14.7. The van der Waals surface area contributed by atoms with Gasteiger partial charge in [-0.3, -0.25) is 4.79 Å². The van der Waals surface area contributed by atoms with Crippen LogP contribution in [0.2, 0.25) is 0 Å². The van der Waals surface area contributed by atoms with Gasteiger partial charge < -0.3 is 10.2 Å². The minimum atomic E-state index is 0.00194. The molecule has 0 spiro atoms. The standard InChI is InChI=1S/C17H24N2OS/c1-2-10-19(14-7-9-18-12-14)17(20)16-15-6-4-3-5-13(15)8-11-21-16/h3-6,14,16,18H,2,7-12H2,1H3. The maximum atomic E-state index is 13.1.